The van der Waals surface area contributed by atoms with Crippen LogP contribution in [0.3, 0.4) is 0 Å². The molecule has 0 N–H and O–H groups in total. The van der Waals surface area contributed by atoms with Crippen LogP contribution in [0, 0.1) is 0 Å². The maximum Gasteiger partial charge on any atom is 0.174 e. The Labute approximate surface area is 161 Å². The first-order chi connectivity index (χ1) is 9.62. The van der Waals surface area contributed by atoms with Crippen molar-refractivity contribution in [3.63, 3.8) is 0 Å². The summed E-state index contributed by atoms with van der Waals surface area (Å²) < 4.78 is 1.40. The van der Waals surface area contributed by atoms with E-state index in [-0.39, 0.29) is 20.4 Å². The van der Waals surface area contributed by atoms with Crippen molar-refractivity contribution in [3.8, 4) is 0 Å². The summed E-state index contributed by atoms with van der Waals surface area (Å²) in [6.45, 7) is 4.21. The zero-order valence-corrected chi connectivity index (χ0v) is 17.8. The van der Waals surface area contributed by atoms with E-state index in [9.17, 15) is 0 Å². The Kier molecular flexibility index (Phi) is 28.6. The molecule has 9 heteroatoms. The maximum atomic E-state index is 4.03. The van der Waals surface area contributed by atoms with Crippen LogP contribution in [0.5, 0.6) is 0 Å². The summed E-state index contributed by atoms with van der Waals surface area (Å²) in [6.07, 6.45) is 11.6. The molecule has 126 valence electrons. The fourth-order valence-corrected chi connectivity index (χ4v) is 0.997. The topological polar surface area (TPSA) is 52.9 Å². The van der Waals surface area contributed by atoms with Crippen LogP contribution in [0.1, 0.15) is 39.5 Å². The van der Waals surface area contributed by atoms with E-state index in [1.807, 2.05) is 12.5 Å². The van der Waals surface area contributed by atoms with Crippen LogP contribution in [0.2, 0.25) is 0 Å². The van der Waals surface area contributed by atoms with E-state index in [1.165, 1.54) is 23.5 Å². The van der Waals surface area contributed by atoms with Gasteiger partial charge in [0.1, 0.15) is 0 Å². The third kappa shape index (κ3) is 25.8. The summed E-state index contributed by atoms with van der Waals surface area (Å²) in [5.74, 6) is 0. The summed E-state index contributed by atoms with van der Waals surface area (Å²) in [7, 11) is 0. The molecule has 0 aliphatic rings. The van der Waals surface area contributed by atoms with Crippen molar-refractivity contribution in [2.45, 2.75) is 39.5 Å². The molecule has 0 saturated heterocycles. The molecular formula is C12H24N4PdS4. The van der Waals surface area contributed by atoms with E-state index in [2.05, 4.69) is 59.3 Å². The van der Waals surface area contributed by atoms with Gasteiger partial charge in [-0.15, -0.1) is 0 Å². The second-order valence-corrected chi connectivity index (χ2v) is 6.39. The predicted octanol–water partition coefficient (Wildman–Crippen LogP) is 3.75. The van der Waals surface area contributed by atoms with Gasteiger partial charge in [0.15, 0.2) is 33.1 Å². The number of rotatable bonds is 6. The minimum atomic E-state index is 0. The average molecular weight is 459 g/mol. The fourth-order valence-electron chi connectivity index (χ4n) is 0.636. The number of unbranched alkanes of at least 4 members (excludes halogenated alkanes) is 2. The first-order valence-electron chi connectivity index (χ1n) is 6.27. The van der Waals surface area contributed by atoms with Gasteiger partial charge >= 0.3 is 0 Å². The zero-order valence-electron chi connectivity index (χ0n) is 12.8. The largest absolute Gasteiger partial charge is 0.520 e. The predicted molar refractivity (Wildman–Crippen MR) is 108 cm³/mol. The van der Waals surface area contributed by atoms with Crippen molar-refractivity contribution in [3.05, 3.63) is 10.9 Å². The molecular weight excluding hydrogens is 435 g/mol. The number of nitrogens with zero attached hydrogens (tertiary/aromatic N) is 4. The van der Waals surface area contributed by atoms with Crippen molar-refractivity contribution in [2.24, 2.45) is 10.2 Å². The van der Waals surface area contributed by atoms with Crippen LogP contribution in [0.25, 0.3) is 10.9 Å². The van der Waals surface area contributed by atoms with E-state index in [1.54, 1.807) is 12.4 Å². The number of thioether (sulfide) groups is 2. The minimum Gasteiger partial charge on any atom is -0.520 e. The molecule has 0 spiro atoms. The Morgan fingerprint density at radius 2 is 1.24 bits per heavy atom. The van der Waals surface area contributed by atoms with Crippen molar-refractivity contribution in [2.75, 3.05) is 12.5 Å². The summed E-state index contributed by atoms with van der Waals surface area (Å²) >= 11 is 11.0. The second-order valence-electron chi connectivity index (χ2n) is 3.35. The van der Waals surface area contributed by atoms with Crippen molar-refractivity contribution in [1.29, 1.82) is 0 Å². The molecule has 0 rings (SSSR count). The van der Waals surface area contributed by atoms with Gasteiger partial charge in [-0.25, -0.2) is 0 Å². The molecule has 0 heterocycles. The first-order valence-corrected chi connectivity index (χ1v) is 9.61. The third-order valence-corrected chi connectivity index (χ3v) is 3.82. The van der Waals surface area contributed by atoms with Gasteiger partial charge in [0, 0.05) is 20.4 Å². The molecule has 0 aromatic heterocycles. The van der Waals surface area contributed by atoms with Crippen LogP contribution in [0.15, 0.2) is 10.2 Å². The Morgan fingerprint density at radius 1 is 0.905 bits per heavy atom. The summed E-state index contributed by atoms with van der Waals surface area (Å²) in [6, 6.07) is 0. The van der Waals surface area contributed by atoms with Gasteiger partial charge in [0.25, 0.3) is 0 Å². The maximum absolute atomic E-state index is 4.03. The van der Waals surface area contributed by atoms with Gasteiger partial charge in [0.2, 0.25) is 0 Å². The Bertz CT molecular complexity index is 282. The molecule has 0 saturated carbocycles. The Hall–Kier alpha value is 0.482. The molecule has 0 aliphatic carbocycles. The molecule has 0 aromatic rings. The standard InChI is InChI=1S/2C6H12N2S2.Pd/c2*1-3-4-5-7-8-6(9)10-2;/h2*5H,3-4H2,1-2H3,(H,8,9);. The molecule has 0 unspecified atom stereocenters. The normalized spacial score (nSPS) is 9.71. The fraction of sp³-hybridized carbons (Fsp3) is 0.667. The van der Waals surface area contributed by atoms with Crippen molar-refractivity contribution >= 4 is 69.0 Å². The van der Waals surface area contributed by atoms with Gasteiger partial charge in [-0.05, 0) is 37.8 Å². The van der Waals surface area contributed by atoms with E-state index >= 15 is 0 Å². The van der Waals surface area contributed by atoms with Gasteiger partial charge in [-0.3, -0.25) is 0 Å². The van der Waals surface area contributed by atoms with Gasteiger partial charge in [-0.2, -0.15) is 0 Å². The van der Waals surface area contributed by atoms with E-state index in [0.717, 1.165) is 25.7 Å². The van der Waals surface area contributed by atoms with Crippen LogP contribution in [-0.2, 0) is 44.9 Å². The second kappa shape index (κ2) is 22.8. The van der Waals surface area contributed by atoms with Crippen LogP contribution < -0.4 is 0 Å². The first kappa shape index (κ1) is 26.4. The molecule has 0 aliphatic heterocycles. The van der Waals surface area contributed by atoms with Gasteiger partial charge in [-0.1, -0.05) is 50.2 Å². The molecule has 4 nitrogen and oxygen atoms in total. The monoisotopic (exact) mass is 458 g/mol. The molecule has 0 amide bonds. The number of thiol groups is 2. The Balaban J connectivity index is -0.000000295. The SMILES string of the molecule is CCCC=N[N-]C(=[SH+])SC.CCCC=N[N-]C(=[SH+])SC.[Pd]. The molecule has 0 radical (unpaired) electrons. The summed E-state index contributed by atoms with van der Waals surface area (Å²) in [5.41, 5.74) is 7.59. The minimum absolute atomic E-state index is 0. The number of hydrogen-bond acceptors (Lipinski definition) is 4. The Morgan fingerprint density at radius 3 is 1.48 bits per heavy atom. The van der Waals surface area contributed by atoms with Gasteiger partial charge < -0.3 is 21.1 Å². The summed E-state index contributed by atoms with van der Waals surface area (Å²) in [4.78, 5) is 0. The van der Waals surface area contributed by atoms with Gasteiger partial charge in [0.05, 0.1) is 0 Å². The van der Waals surface area contributed by atoms with Crippen LogP contribution in [-0.4, -0.2) is 33.6 Å². The quantitative estimate of drug-likeness (QED) is 0.152. The molecule has 21 heavy (non-hydrogen) atoms. The van der Waals surface area contributed by atoms with E-state index < -0.39 is 0 Å². The molecule has 0 bridgehead atoms. The van der Waals surface area contributed by atoms with Crippen LogP contribution in [0.4, 0.5) is 0 Å². The molecule has 0 fully saturated rings. The van der Waals surface area contributed by atoms with E-state index in [0.29, 0.717) is 8.64 Å². The summed E-state index contributed by atoms with van der Waals surface area (Å²) in [5, 5.41) is 7.60. The third-order valence-electron chi connectivity index (χ3n) is 1.65. The molecule has 0 aromatic carbocycles. The van der Waals surface area contributed by atoms with Crippen molar-refractivity contribution < 1.29 is 20.4 Å². The number of hydrogen-bond donors (Lipinski definition) is 0. The van der Waals surface area contributed by atoms with Crippen molar-refractivity contribution in [1.82, 2.24) is 0 Å². The average Bonchev–Trinajstić information content (AvgIpc) is 2.48. The van der Waals surface area contributed by atoms with E-state index in [4.69, 9.17) is 0 Å². The van der Waals surface area contributed by atoms with Crippen LogP contribution >= 0.6 is 23.5 Å². The zero-order chi connectivity index (χ0) is 15.6. The molecule has 0 atom stereocenters. The smallest absolute Gasteiger partial charge is 0.174 e.